The van der Waals surface area contributed by atoms with E-state index < -0.39 is 10.0 Å². The Hall–Kier alpha value is -2.09. The Morgan fingerprint density at radius 3 is 2.42 bits per heavy atom. The molecule has 1 atom stereocenters. The summed E-state index contributed by atoms with van der Waals surface area (Å²) in [6.45, 7) is 1.45. The van der Waals surface area contributed by atoms with E-state index in [1.165, 1.54) is 18.2 Å². The molecule has 0 aliphatic carbocycles. The van der Waals surface area contributed by atoms with Gasteiger partial charge in [0, 0.05) is 12.1 Å². The van der Waals surface area contributed by atoms with Crippen LogP contribution < -0.4 is 9.46 Å². The van der Waals surface area contributed by atoms with Crippen molar-refractivity contribution in [2.24, 2.45) is 0 Å². The minimum atomic E-state index is -3.77. The maximum atomic E-state index is 12.6. The molecule has 0 aromatic heterocycles. The van der Waals surface area contributed by atoms with Gasteiger partial charge in [0.2, 0.25) is 0 Å². The number of benzene rings is 2. The minimum absolute atomic E-state index is 0.0410. The normalized spacial score (nSPS) is 16.5. The molecule has 0 bridgehead atoms. The van der Waals surface area contributed by atoms with Gasteiger partial charge in [-0.3, -0.25) is 4.72 Å². The molecule has 128 valence electrons. The van der Waals surface area contributed by atoms with Gasteiger partial charge in [0.25, 0.3) is 10.0 Å². The summed E-state index contributed by atoms with van der Waals surface area (Å²) in [6.07, 6.45) is 0.715. The maximum Gasteiger partial charge on any atom is 0.261 e. The van der Waals surface area contributed by atoms with Crippen LogP contribution in [-0.4, -0.2) is 24.7 Å². The van der Waals surface area contributed by atoms with E-state index in [2.05, 4.69) is 4.72 Å². The van der Waals surface area contributed by atoms with Crippen molar-refractivity contribution in [1.82, 2.24) is 0 Å². The van der Waals surface area contributed by atoms with Crippen molar-refractivity contribution in [3.8, 4) is 5.75 Å². The van der Waals surface area contributed by atoms with Gasteiger partial charge in [0.15, 0.2) is 0 Å². The molecule has 2 aromatic rings. The average molecular weight is 349 g/mol. The van der Waals surface area contributed by atoms with E-state index in [9.17, 15) is 18.6 Å². The molecule has 1 unspecified atom stereocenters. The Labute approximate surface area is 140 Å². The summed E-state index contributed by atoms with van der Waals surface area (Å²) < 4.78 is 33.3. The van der Waals surface area contributed by atoms with Crippen molar-refractivity contribution in [3.63, 3.8) is 0 Å². The lowest BCUT2D eigenvalue weighted by molar-refractivity contribution is 0.254. The highest BCUT2D eigenvalue weighted by Gasteiger charge is 2.23. The zero-order chi connectivity index (χ0) is 17.3. The van der Waals surface area contributed by atoms with Crippen molar-refractivity contribution < 1.29 is 23.4 Å². The summed E-state index contributed by atoms with van der Waals surface area (Å²) in [5.74, 6) is 0.714. The molecule has 6 nitrogen and oxygen atoms in total. The van der Waals surface area contributed by atoms with Crippen LogP contribution in [0.4, 0.5) is 5.69 Å². The number of fused-ring (bicyclic) bond motifs is 1. The Morgan fingerprint density at radius 2 is 1.79 bits per heavy atom. The number of aliphatic hydroxyl groups excluding tert-OH is 2. The summed E-state index contributed by atoms with van der Waals surface area (Å²) in [4.78, 5) is 0.152. The molecule has 0 fully saturated rings. The molecule has 0 saturated heterocycles. The predicted octanol–water partition coefficient (Wildman–Crippen LogP) is 1.80. The van der Waals surface area contributed by atoms with Crippen molar-refractivity contribution in [1.29, 1.82) is 0 Å². The molecule has 24 heavy (non-hydrogen) atoms. The van der Waals surface area contributed by atoms with E-state index in [0.29, 0.717) is 29.0 Å². The third-order valence-corrected chi connectivity index (χ3v) is 5.23. The van der Waals surface area contributed by atoms with Gasteiger partial charge in [-0.1, -0.05) is 6.07 Å². The first-order chi connectivity index (χ1) is 11.4. The van der Waals surface area contributed by atoms with Gasteiger partial charge < -0.3 is 14.9 Å². The number of sulfonamides is 1. The molecule has 0 spiro atoms. The molecule has 7 heteroatoms. The number of nitrogens with one attached hydrogen (secondary N) is 1. The maximum absolute atomic E-state index is 12.6. The van der Waals surface area contributed by atoms with Crippen molar-refractivity contribution in [2.75, 3.05) is 4.72 Å². The van der Waals surface area contributed by atoms with Gasteiger partial charge in [-0.05, 0) is 53.9 Å². The number of hydrogen-bond acceptors (Lipinski definition) is 5. The number of ether oxygens (including phenoxy) is 1. The number of anilines is 1. The fourth-order valence-corrected chi connectivity index (χ4v) is 3.87. The van der Waals surface area contributed by atoms with Crippen molar-refractivity contribution in [3.05, 3.63) is 53.1 Å². The molecular weight excluding hydrogens is 330 g/mol. The van der Waals surface area contributed by atoms with Gasteiger partial charge in [0.1, 0.15) is 11.9 Å². The van der Waals surface area contributed by atoms with E-state index in [1.807, 2.05) is 6.92 Å². The molecule has 3 rings (SSSR count). The second-order valence-corrected chi connectivity index (χ2v) is 7.54. The molecule has 0 amide bonds. The molecule has 3 N–H and O–H groups in total. The summed E-state index contributed by atoms with van der Waals surface area (Å²) in [6, 6.07) is 9.47. The van der Waals surface area contributed by atoms with Crippen LogP contribution in [0.5, 0.6) is 5.75 Å². The first-order valence-corrected chi connectivity index (χ1v) is 9.06. The van der Waals surface area contributed by atoms with Crippen LogP contribution >= 0.6 is 0 Å². The highest BCUT2D eigenvalue weighted by atomic mass is 32.2. The first-order valence-electron chi connectivity index (χ1n) is 7.58. The molecule has 1 aliphatic heterocycles. The number of rotatable bonds is 5. The van der Waals surface area contributed by atoms with Crippen LogP contribution in [0.3, 0.4) is 0 Å². The summed E-state index contributed by atoms with van der Waals surface area (Å²) >= 11 is 0. The van der Waals surface area contributed by atoms with Crippen LogP contribution in [0.15, 0.2) is 41.3 Å². The Balaban J connectivity index is 1.91. The highest BCUT2D eigenvalue weighted by Crippen LogP contribution is 2.31. The Kier molecular flexibility index (Phi) is 4.49. The van der Waals surface area contributed by atoms with Gasteiger partial charge in [0.05, 0.1) is 18.1 Å². The molecule has 0 radical (unpaired) electrons. The minimum Gasteiger partial charge on any atom is -0.490 e. The summed E-state index contributed by atoms with van der Waals surface area (Å²) in [7, 11) is -3.77. The zero-order valence-corrected chi connectivity index (χ0v) is 14.0. The Bertz CT molecular complexity index is 841. The third kappa shape index (κ3) is 3.38. The molecule has 1 aliphatic rings. The fraction of sp³-hybridized carbons (Fsp3) is 0.294. The van der Waals surface area contributed by atoms with Gasteiger partial charge in [-0.2, -0.15) is 0 Å². The van der Waals surface area contributed by atoms with E-state index in [1.54, 1.807) is 18.2 Å². The van der Waals surface area contributed by atoms with E-state index in [0.717, 1.165) is 5.56 Å². The van der Waals surface area contributed by atoms with Gasteiger partial charge in [-0.15, -0.1) is 0 Å². The van der Waals surface area contributed by atoms with Crippen LogP contribution in [0.2, 0.25) is 0 Å². The van der Waals surface area contributed by atoms with Gasteiger partial charge >= 0.3 is 0 Å². The van der Waals surface area contributed by atoms with Crippen molar-refractivity contribution in [2.45, 2.75) is 37.6 Å². The summed E-state index contributed by atoms with van der Waals surface area (Å²) in [5.41, 5.74) is 2.21. The average Bonchev–Trinajstić information content (AvgIpc) is 2.93. The molecule has 0 saturated carbocycles. The Morgan fingerprint density at radius 1 is 1.12 bits per heavy atom. The number of hydrogen-bond donors (Lipinski definition) is 3. The van der Waals surface area contributed by atoms with Crippen LogP contribution in [0, 0.1) is 0 Å². The highest BCUT2D eigenvalue weighted by molar-refractivity contribution is 7.92. The van der Waals surface area contributed by atoms with Gasteiger partial charge in [-0.25, -0.2) is 8.42 Å². The third-order valence-electron chi connectivity index (χ3n) is 3.85. The second-order valence-electron chi connectivity index (χ2n) is 5.86. The van der Waals surface area contributed by atoms with Crippen LogP contribution in [-0.2, 0) is 29.7 Å². The molecule has 1 heterocycles. The van der Waals surface area contributed by atoms with Crippen molar-refractivity contribution >= 4 is 15.7 Å². The lowest BCUT2D eigenvalue weighted by Gasteiger charge is -2.11. The molecular formula is C17H19NO5S. The first kappa shape index (κ1) is 16.8. The van der Waals surface area contributed by atoms with E-state index in [-0.39, 0.29) is 24.2 Å². The largest absolute Gasteiger partial charge is 0.490 e. The predicted molar refractivity (Wildman–Crippen MR) is 89.3 cm³/mol. The SMILES string of the molecule is CC1Cc2cc(S(=O)(=O)Nc3cc(CO)cc(CO)c3)ccc2O1. The van der Waals surface area contributed by atoms with Crippen LogP contribution in [0.1, 0.15) is 23.6 Å². The quantitative estimate of drug-likeness (QED) is 0.765. The smallest absolute Gasteiger partial charge is 0.261 e. The monoisotopic (exact) mass is 349 g/mol. The fourth-order valence-electron chi connectivity index (χ4n) is 2.78. The lowest BCUT2D eigenvalue weighted by atomic mass is 10.1. The standard InChI is InChI=1S/C17H19NO5S/c1-11-4-14-8-16(2-3-17(14)23-11)24(21,22)18-15-6-12(9-19)5-13(7-15)10-20/h2-3,5-8,11,18-20H,4,9-10H2,1H3. The zero-order valence-electron chi connectivity index (χ0n) is 13.2. The van der Waals surface area contributed by atoms with E-state index >= 15 is 0 Å². The van der Waals surface area contributed by atoms with E-state index in [4.69, 9.17) is 4.74 Å². The second kappa shape index (κ2) is 6.43. The summed E-state index contributed by atoms with van der Waals surface area (Å²) in [5, 5.41) is 18.5. The van der Waals surface area contributed by atoms with Crippen LogP contribution in [0.25, 0.3) is 0 Å². The topological polar surface area (TPSA) is 95.9 Å². The number of aliphatic hydroxyl groups is 2. The lowest BCUT2D eigenvalue weighted by Crippen LogP contribution is -2.13. The molecule has 2 aromatic carbocycles.